The number of benzene rings is 2. The summed E-state index contributed by atoms with van der Waals surface area (Å²) in [6, 6.07) is 14.8. The van der Waals surface area contributed by atoms with Gasteiger partial charge in [-0.2, -0.15) is 0 Å². The molecular weight excluding hydrogens is 388 g/mol. The molecule has 5 heteroatoms. The third-order valence-electron chi connectivity index (χ3n) is 6.78. The summed E-state index contributed by atoms with van der Waals surface area (Å²) in [6.07, 6.45) is 6.50. The highest BCUT2D eigenvalue weighted by molar-refractivity contribution is 5.94. The van der Waals surface area contributed by atoms with Gasteiger partial charge in [0.25, 0.3) is 0 Å². The Kier molecular flexibility index (Phi) is 5.97. The van der Waals surface area contributed by atoms with Gasteiger partial charge in [0.15, 0.2) is 0 Å². The number of nitrogens with zero attached hydrogens (tertiary/aromatic N) is 1. The standard InChI is InChI=1S/C26H32N2O3/c29-22(15-18-1-3-19(4-2-18)20-5-6-20)17-28-13-11-23(12-14-28)31-24-8-9-25-21(16-24)7-10-26(30)27-25/h1-4,8-9,16,20,22-23,29H,5-7,10-15,17H2,(H,27,30). The van der Waals surface area contributed by atoms with Crippen molar-refractivity contribution in [2.24, 2.45) is 0 Å². The molecule has 0 aromatic heterocycles. The Hall–Kier alpha value is -2.37. The molecule has 2 aliphatic heterocycles. The van der Waals surface area contributed by atoms with Gasteiger partial charge >= 0.3 is 0 Å². The summed E-state index contributed by atoms with van der Waals surface area (Å²) in [6.45, 7) is 2.61. The zero-order valence-electron chi connectivity index (χ0n) is 18.1. The van der Waals surface area contributed by atoms with Crippen LogP contribution in [0.25, 0.3) is 0 Å². The Balaban J connectivity index is 1.07. The number of carbonyl (C=O) groups is 1. The highest BCUT2D eigenvalue weighted by Crippen LogP contribution is 2.40. The van der Waals surface area contributed by atoms with Crippen molar-refractivity contribution in [2.75, 3.05) is 25.0 Å². The number of hydrogen-bond acceptors (Lipinski definition) is 4. The number of hydrogen-bond donors (Lipinski definition) is 2. The van der Waals surface area contributed by atoms with Gasteiger partial charge in [-0.15, -0.1) is 0 Å². The molecule has 3 aliphatic rings. The van der Waals surface area contributed by atoms with E-state index in [2.05, 4.69) is 40.5 Å². The molecule has 164 valence electrons. The second-order valence-corrected chi connectivity index (χ2v) is 9.36. The molecule has 1 saturated heterocycles. The Morgan fingerprint density at radius 2 is 1.81 bits per heavy atom. The van der Waals surface area contributed by atoms with Crippen molar-refractivity contribution in [2.45, 2.75) is 63.1 Å². The van der Waals surface area contributed by atoms with Crippen LogP contribution in [0.5, 0.6) is 5.75 Å². The molecule has 2 N–H and O–H groups in total. The van der Waals surface area contributed by atoms with Crippen molar-refractivity contribution in [3.8, 4) is 5.75 Å². The van der Waals surface area contributed by atoms with Gasteiger partial charge in [-0.05, 0) is 79.3 Å². The van der Waals surface area contributed by atoms with Gasteiger partial charge in [-0.25, -0.2) is 0 Å². The zero-order valence-corrected chi connectivity index (χ0v) is 18.1. The van der Waals surface area contributed by atoms with Crippen LogP contribution in [0.2, 0.25) is 0 Å². The number of nitrogens with one attached hydrogen (secondary N) is 1. The second kappa shape index (κ2) is 9.01. The van der Waals surface area contributed by atoms with Crippen LogP contribution in [0.3, 0.4) is 0 Å². The molecule has 5 nitrogen and oxygen atoms in total. The van der Waals surface area contributed by atoms with Crippen LogP contribution in [-0.2, 0) is 17.6 Å². The average molecular weight is 421 g/mol. The number of ether oxygens (including phenoxy) is 1. The fourth-order valence-corrected chi connectivity index (χ4v) is 4.81. The van der Waals surface area contributed by atoms with Crippen molar-refractivity contribution < 1.29 is 14.6 Å². The lowest BCUT2D eigenvalue weighted by molar-refractivity contribution is -0.116. The number of rotatable bonds is 7. The van der Waals surface area contributed by atoms with Gasteiger partial charge < -0.3 is 20.1 Å². The number of aliphatic hydroxyl groups excluding tert-OH is 1. The van der Waals surface area contributed by atoms with Crippen LogP contribution in [0.15, 0.2) is 42.5 Å². The summed E-state index contributed by atoms with van der Waals surface area (Å²) < 4.78 is 6.23. The Morgan fingerprint density at radius 3 is 2.55 bits per heavy atom. The van der Waals surface area contributed by atoms with Crippen LogP contribution in [0.1, 0.15) is 54.7 Å². The summed E-state index contributed by atoms with van der Waals surface area (Å²) in [4.78, 5) is 13.9. The van der Waals surface area contributed by atoms with E-state index in [4.69, 9.17) is 4.74 Å². The van der Waals surface area contributed by atoms with Crippen LogP contribution >= 0.6 is 0 Å². The molecule has 1 saturated carbocycles. The first-order valence-electron chi connectivity index (χ1n) is 11.7. The SMILES string of the molecule is O=C1CCc2cc(OC3CCN(CC(O)Cc4ccc(C5CC5)cc4)CC3)ccc2N1. The lowest BCUT2D eigenvalue weighted by Gasteiger charge is -2.33. The number of anilines is 1. The molecule has 2 aromatic rings. The molecule has 2 aromatic carbocycles. The van der Waals surface area contributed by atoms with Crippen LogP contribution < -0.4 is 10.1 Å². The van der Waals surface area contributed by atoms with E-state index in [0.717, 1.165) is 61.8 Å². The van der Waals surface area contributed by atoms with Gasteiger partial charge in [0.05, 0.1) is 6.10 Å². The molecule has 5 rings (SSSR count). The predicted octanol–water partition coefficient (Wildman–Crippen LogP) is 3.90. The quantitative estimate of drug-likeness (QED) is 0.713. The minimum atomic E-state index is -0.333. The van der Waals surface area contributed by atoms with Gasteiger partial charge in [-0.3, -0.25) is 4.79 Å². The van der Waals surface area contributed by atoms with E-state index >= 15 is 0 Å². The summed E-state index contributed by atoms with van der Waals surface area (Å²) in [5.41, 5.74) is 4.74. The van der Waals surface area contributed by atoms with Gasteiger partial charge in [0, 0.05) is 31.7 Å². The van der Waals surface area contributed by atoms with E-state index in [1.165, 1.54) is 24.0 Å². The molecule has 2 heterocycles. The third-order valence-corrected chi connectivity index (χ3v) is 6.78. The summed E-state index contributed by atoms with van der Waals surface area (Å²) >= 11 is 0. The molecular formula is C26H32N2O3. The maximum absolute atomic E-state index is 11.5. The number of amides is 1. The van der Waals surface area contributed by atoms with Crippen molar-refractivity contribution in [1.29, 1.82) is 0 Å². The first kappa shape index (κ1) is 20.5. The number of aliphatic hydroxyl groups is 1. The fraction of sp³-hybridized carbons (Fsp3) is 0.500. The lowest BCUT2D eigenvalue weighted by atomic mass is 10.0. The summed E-state index contributed by atoms with van der Waals surface area (Å²) in [7, 11) is 0. The van der Waals surface area contributed by atoms with E-state index in [-0.39, 0.29) is 18.1 Å². The van der Waals surface area contributed by atoms with Crippen LogP contribution in [-0.4, -0.2) is 47.8 Å². The molecule has 0 bridgehead atoms. The van der Waals surface area contributed by atoms with Crippen LogP contribution in [0.4, 0.5) is 5.69 Å². The third kappa shape index (κ3) is 5.28. The highest BCUT2D eigenvalue weighted by atomic mass is 16.5. The zero-order chi connectivity index (χ0) is 21.2. The molecule has 31 heavy (non-hydrogen) atoms. The van der Waals surface area contributed by atoms with E-state index in [0.29, 0.717) is 12.8 Å². The monoisotopic (exact) mass is 420 g/mol. The highest BCUT2D eigenvalue weighted by Gasteiger charge is 2.24. The molecule has 0 radical (unpaired) electrons. The molecule has 1 amide bonds. The minimum Gasteiger partial charge on any atom is -0.490 e. The number of carbonyl (C=O) groups excluding carboxylic acids is 1. The van der Waals surface area contributed by atoms with E-state index in [1.807, 2.05) is 12.1 Å². The molecule has 1 unspecified atom stereocenters. The van der Waals surface area contributed by atoms with Crippen molar-refractivity contribution in [3.05, 3.63) is 59.2 Å². The largest absolute Gasteiger partial charge is 0.490 e. The average Bonchev–Trinajstić information content (AvgIpc) is 3.61. The molecule has 1 atom stereocenters. The first-order chi connectivity index (χ1) is 15.1. The van der Waals surface area contributed by atoms with Crippen LogP contribution in [0, 0.1) is 0 Å². The van der Waals surface area contributed by atoms with Crippen molar-refractivity contribution in [1.82, 2.24) is 4.90 Å². The Labute approximate surface area is 184 Å². The first-order valence-corrected chi connectivity index (χ1v) is 11.7. The summed E-state index contributed by atoms with van der Waals surface area (Å²) in [5.74, 6) is 1.76. The van der Waals surface area contributed by atoms with Gasteiger partial charge in [-0.1, -0.05) is 24.3 Å². The van der Waals surface area contributed by atoms with Gasteiger partial charge in [0.1, 0.15) is 11.9 Å². The molecule has 0 spiro atoms. The predicted molar refractivity (Wildman–Crippen MR) is 122 cm³/mol. The number of β-amino-alcohol motifs (C(OH)–C–C–N with tert-alkyl or cyclic N) is 1. The maximum Gasteiger partial charge on any atom is 0.224 e. The topological polar surface area (TPSA) is 61.8 Å². The van der Waals surface area contributed by atoms with Gasteiger partial charge in [0.2, 0.25) is 5.91 Å². The normalized spacial score (nSPS) is 20.7. The maximum atomic E-state index is 11.5. The van der Waals surface area contributed by atoms with Crippen molar-refractivity contribution in [3.63, 3.8) is 0 Å². The smallest absolute Gasteiger partial charge is 0.224 e. The van der Waals surface area contributed by atoms with E-state index in [9.17, 15) is 9.90 Å². The van der Waals surface area contributed by atoms with E-state index < -0.39 is 0 Å². The summed E-state index contributed by atoms with van der Waals surface area (Å²) in [5, 5.41) is 13.5. The minimum absolute atomic E-state index is 0.0889. The Bertz CT molecular complexity index is 915. The number of aryl methyl sites for hydroxylation is 1. The van der Waals surface area contributed by atoms with Crippen molar-refractivity contribution >= 4 is 11.6 Å². The fourth-order valence-electron chi connectivity index (χ4n) is 4.81. The molecule has 1 aliphatic carbocycles. The second-order valence-electron chi connectivity index (χ2n) is 9.36. The Morgan fingerprint density at radius 1 is 1.03 bits per heavy atom. The molecule has 2 fully saturated rings. The lowest BCUT2D eigenvalue weighted by Crippen LogP contribution is -2.42. The number of likely N-dealkylation sites (tertiary alicyclic amines) is 1. The number of piperidine rings is 1. The number of fused-ring (bicyclic) bond motifs is 1. The van der Waals surface area contributed by atoms with E-state index in [1.54, 1.807) is 0 Å².